The number of hydrogen-bond donors (Lipinski definition) is 3. The van der Waals surface area contributed by atoms with Crippen LogP contribution in [0.3, 0.4) is 0 Å². The van der Waals surface area contributed by atoms with Gasteiger partial charge < -0.3 is 15.7 Å². The van der Waals surface area contributed by atoms with Gasteiger partial charge >= 0.3 is 12.0 Å². The Bertz CT molecular complexity index is 388. The summed E-state index contributed by atoms with van der Waals surface area (Å²) in [5.74, 6) is -0.494. The number of carbonyl (C=O) groups is 2. The molecule has 0 saturated heterocycles. The molecule has 0 heterocycles. The summed E-state index contributed by atoms with van der Waals surface area (Å²) in [6, 6.07) is -0.954. The molecule has 4 atom stereocenters. The fourth-order valence-corrected chi connectivity index (χ4v) is 3.26. The van der Waals surface area contributed by atoms with Crippen LogP contribution in [0.15, 0.2) is 0 Å². The van der Waals surface area contributed by atoms with Gasteiger partial charge in [-0.05, 0) is 26.7 Å². The Labute approximate surface area is 115 Å². The molecule has 1 rings (SSSR count). The highest BCUT2D eigenvalue weighted by Gasteiger charge is 2.45. The molecule has 3 N–H and O–H groups in total. The summed E-state index contributed by atoms with van der Waals surface area (Å²) < 4.78 is 11.0. The van der Waals surface area contributed by atoms with Crippen molar-refractivity contribution in [3.05, 3.63) is 0 Å². The predicted octanol–water partition coefficient (Wildman–Crippen LogP) is 0.696. The third kappa shape index (κ3) is 4.19. The maximum absolute atomic E-state index is 11.8. The summed E-state index contributed by atoms with van der Waals surface area (Å²) in [5.41, 5.74) is -0.895. The summed E-state index contributed by atoms with van der Waals surface area (Å²) >= 11 is 0. The van der Waals surface area contributed by atoms with Crippen LogP contribution in [0.1, 0.15) is 33.1 Å². The Morgan fingerprint density at radius 3 is 2.68 bits per heavy atom. The summed E-state index contributed by atoms with van der Waals surface area (Å²) in [7, 11) is -0.975. The molecule has 1 aliphatic carbocycles. The van der Waals surface area contributed by atoms with Crippen molar-refractivity contribution < 1.29 is 18.9 Å². The predicted molar refractivity (Wildman–Crippen MR) is 73.4 cm³/mol. The maximum Gasteiger partial charge on any atom is 0.315 e. The number of urea groups is 1. The fourth-order valence-electron chi connectivity index (χ4n) is 2.47. The van der Waals surface area contributed by atoms with Crippen LogP contribution in [0, 0.1) is 5.41 Å². The van der Waals surface area contributed by atoms with E-state index in [1.54, 1.807) is 20.1 Å². The molecule has 0 aromatic carbocycles. The first-order valence-electron chi connectivity index (χ1n) is 6.36. The van der Waals surface area contributed by atoms with Gasteiger partial charge in [0.25, 0.3) is 0 Å². The van der Waals surface area contributed by atoms with E-state index < -0.39 is 28.2 Å². The van der Waals surface area contributed by atoms with Crippen LogP contribution < -0.4 is 10.6 Å². The molecular weight excluding hydrogens is 268 g/mol. The molecule has 110 valence electrons. The Kier molecular flexibility index (Phi) is 5.34. The second kappa shape index (κ2) is 6.36. The first-order valence-corrected chi connectivity index (χ1v) is 8.09. The number of amides is 2. The SMILES string of the molecule is CC(CS(C)=O)NC(=O)NC1CCCC1(C)C(=O)O. The molecule has 0 aliphatic heterocycles. The minimum Gasteiger partial charge on any atom is -0.481 e. The zero-order chi connectivity index (χ0) is 14.6. The molecule has 0 bridgehead atoms. The van der Waals surface area contributed by atoms with E-state index in [1.807, 2.05) is 0 Å². The van der Waals surface area contributed by atoms with Crippen LogP contribution in [0.5, 0.6) is 0 Å². The molecule has 19 heavy (non-hydrogen) atoms. The van der Waals surface area contributed by atoms with Gasteiger partial charge in [0.15, 0.2) is 0 Å². The van der Waals surface area contributed by atoms with E-state index in [-0.39, 0.29) is 12.1 Å². The van der Waals surface area contributed by atoms with Crippen molar-refractivity contribution in [3.63, 3.8) is 0 Å². The zero-order valence-electron chi connectivity index (χ0n) is 11.6. The highest BCUT2D eigenvalue weighted by atomic mass is 32.2. The van der Waals surface area contributed by atoms with Crippen LogP contribution in [-0.4, -0.2) is 45.4 Å². The molecule has 0 radical (unpaired) electrons. The highest BCUT2D eigenvalue weighted by molar-refractivity contribution is 7.84. The number of hydrogen-bond acceptors (Lipinski definition) is 3. The normalized spacial score (nSPS) is 29.5. The third-order valence-electron chi connectivity index (χ3n) is 3.61. The number of aliphatic carboxylic acids is 1. The summed E-state index contributed by atoms with van der Waals surface area (Å²) in [4.78, 5) is 23.1. The molecule has 0 aromatic rings. The molecule has 6 nitrogen and oxygen atoms in total. The largest absolute Gasteiger partial charge is 0.481 e. The van der Waals surface area contributed by atoms with E-state index in [4.69, 9.17) is 0 Å². The monoisotopic (exact) mass is 290 g/mol. The van der Waals surface area contributed by atoms with Crippen LogP contribution in [0.25, 0.3) is 0 Å². The number of carboxylic acid groups (broad SMARTS) is 1. The number of nitrogens with one attached hydrogen (secondary N) is 2. The second-order valence-electron chi connectivity index (χ2n) is 5.43. The summed E-state index contributed by atoms with van der Waals surface area (Å²) in [5, 5.41) is 14.6. The van der Waals surface area contributed by atoms with Crippen molar-refractivity contribution in [2.75, 3.05) is 12.0 Å². The molecule has 0 spiro atoms. The van der Waals surface area contributed by atoms with Gasteiger partial charge in [-0.25, -0.2) is 4.79 Å². The van der Waals surface area contributed by atoms with Crippen molar-refractivity contribution in [2.24, 2.45) is 5.41 Å². The van der Waals surface area contributed by atoms with Gasteiger partial charge in [0.05, 0.1) is 5.41 Å². The molecular formula is C12H22N2O4S. The van der Waals surface area contributed by atoms with E-state index in [1.165, 1.54) is 0 Å². The molecule has 4 unspecified atom stereocenters. The van der Waals surface area contributed by atoms with E-state index in [0.717, 1.165) is 6.42 Å². The number of carbonyl (C=O) groups excluding carboxylic acids is 1. The zero-order valence-corrected chi connectivity index (χ0v) is 12.4. The smallest absolute Gasteiger partial charge is 0.315 e. The van der Waals surface area contributed by atoms with E-state index in [2.05, 4.69) is 10.6 Å². The second-order valence-corrected chi connectivity index (χ2v) is 6.91. The van der Waals surface area contributed by atoms with Gasteiger partial charge in [0.1, 0.15) is 0 Å². The van der Waals surface area contributed by atoms with Crippen molar-refractivity contribution >= 4 is 22.8 Å². The average Bonchev–Trinajstić information content (AvgIpc) is 2.59. The third-order valence-corrected chi connectivity index (χ3v) is 4.58. The number of carboxylic acids is 1. The molecule has 1 saturated carbocycles. The standard InChI is InChI=1S/C12H22N2O4S/c1-8(7-19(3)18)13-11(17)14-9-5-4-6-12(9,2)10(15)16/h8-9H,4-7H2,1-3H3,(H,15,16)(H2,13,14,17). The number of rotatable bonds is 5. The Morgan fingerprint density at radius 1 is 1.53 bits per heavy atom. The fraction of sp³-hybridized carbons (Fsp3) is 0.833. The average molecular weight is 290 g/mol. The van der Waals surface area contributed by atoms with Crippen molar-refractivity contribution in [2.45, 2.75) is 45.2 Å². The van der Waals surface area contributed by atoms with Gasteiger partial charge in [-0.1, -0.05) is 6.42 Å². The molecule has 0 aromatic heterocycles. The van der Waals surface area contributed by atoms with Gasteiger partial charge in [-0.2, -0.15) is 0 Å². The lowest BCUT2D eigenvalue weighted by Gasteiger charge is -2.28. The van der Waals surface area contributed by atoms with Crippen LogP contribution in [-0.2, 0) is 15.6 Å². The quantitative estimate of drug-likeness (QED) is 0.694. The Balaban J connectivity index is 2.52. The van der Waals surface area contributed by atoms with Gasteiger partial charge in [0, 0.05) is 34.9 Å². The van der Waals surface area contributed by atoms with Gasteiger partial charge in [0.2, 0.25) is 0 Å². The van der Waals surface area contributed by atoms with Crippen molar-refractivity contribution in [3.8, 4) is 0 Å². The van der Waals surface area contributed by atoms with Crippen LogP contribution in [0.2, 0.25) is 0 Å². The minimum atomic E-state index is -0.975. The molecule has 1 aliphatic rings. The lowest BCUT2D eigenvalue weighted by Crippen LogP contribution is -2.52. The van der Waals surface area contributed by atoms with E-state index in [9.17, 15) is 18.9 Å². The minimum absolute atomic E-state index is 0.205. The van der Waals surface area contributed by atoms with E-state index >= 15 is 0 Å². The van der Waals surface area contributed by atoms with Gasteiger partial charge in [-0.3, -0.25) is 9.00 Å². The van der Waals surface area contributed by atoms with E-state index in [0.29, 0.717) is 18.6 Å². The lowest BCUT2D eigenvalue weighted by molar-refractivity contribution is -0.148. The van der Waals surface area contributed by atoms with Crippen molar-refractivity contribution in [1.29, 1.82) is 0 Å². The Morgan fingerprint density at radius 2 is 2.16 bits per heavy atom. The first kappa shape index (κ1) is 15.9. The molecule has 1 fully saturated rings. The summed E-state index contributed by atoms with van der Waals surface area (Å²) in [6.45, 7) is 3.43. The molecule has 2 amide bonds. The Hall–Kier alpha value is -1.11. The molecule has 7 heteroatoms. The maximum atomic E-state index is 11.8. The topological polar surface area (TPSA) is 95.5 Å². The first-order chi connectivity index (χ1) is 8.75. The van der Waals surface area contributed by atoms with Gasteiger partial charge in [-0.15, -0.1) is 0 Å². The van der Waals surface area contributed by atoms with Crippen LogP contribution >= 0.6 is 0 Å². The van der Waals surface area contributed by atoms with Crippen molar-refractivity contribution in [1.82, 2.24) is 10.6 Å². The highest BCUT2D eigenvalue weighted by Crippen LogP contribution is 2.38. The summed E-state index contributed by atoms with van der Waals surface area (Å²) in [6.07, 6.45) is 3.61. The van der Waals surface area contributed by atoms with Crippen LogP contribution in [0.4, 0.5) is 4.79 Å². The lowest BCUT2D eigenvalue weighted by atomic mass is 9.85.